The molecule has 1 amide bonds. The van der Waals surface area contributed by atoms with E-state index in [4.69, 9.17) is 21.1 Å². The Kier molecular flexibility index (Phi) is 5.47. The van der Waals surface area contributed by atoms with Crippen LogP contribution in [0.25, 0.3) is 0 Å². The van der Waals surface area contributed by atoms with Crippen LogP contribution in [0.4, 0.5) is 0 Å². The summed E-state index contributed by atoms with van der Waals surface area (Å²) in [6, 6.07) is 11.9. The van der Waals surface area contributed by atoms with E-state index in [-0.39, 0.29) is 12.7 Å². The lowest BCUT2D eigenvalue weighted by Gasteiger charge is -2.35. The molecule has 0 atom stereocenters. The van der Waals surface area contributed by atoms with Gasteiger partial charge in [0.2, 0.25) is 6.79 Å². The van der Waals surface area contributed by atoms with Crippen LogP contribution in [0.3, 0.4) is 0 Å². The van der Waals surface area contributed by atoms with Gasteiger partial charge in [-0.2, -0.15) is 0 Å². The highest BCUT2D eigenvalue weighted by Gasteiger charge is 2.24. The first kappa shape index (κ1) is 19.1. The fourth-order valence-electron chi connectivity index (χ4n) is 3.67. The predicted octanol–water partition coefficient (Wildman–Crippen LogP) is 4.15. The molecular weight excluding hydrogens is 376 g/mol. The quantitative estimate of drug-likeness (QED) is 0.773. The Morgan fingerprint density at radius 1 is 1.07 bits per heavy atom. The maximum absolute atomic E-state index is 12.8. The molecule has 6 heteroatoms. The first-order chi connectivity index (χ1) is 13.5. The van der Waals surface area contributed by atoms with Gasteiger partial charge in [0, 0.05) is 38.3 Å². The minimum atomic E-state index is 0.112. The number of piperazine rings is 1. The van der Waals surface area contributed by atoms with Crippen LogP contribution in [0.2, 0.25) is 5.02 Å². The smallest absolute Gasteiger partial charge is 0.253 e. The second-order valence-corrected chi connectivity index (χ2v) is 8.06. The number of carbonyl (C=O) groups excluding carboxylic acids is 1. The van der Waals surface area contributed by atoms with Gasteiger partial charge in [-0.15, -0.1) is 0 Å². The zero-order valence-corrected chi connectivity index (χ0v) is 17.0. The fourth-order valence-corrected chi connectivity index (χ4v) is 3.96. The normalized spacial score (nSPS) is 16.6. The molecule has 2 heterocycles. The van der Waals surface area contributed by atoms with Crippen LogP contribution in [-0.4, -0.2) is 48.7 Å². The number of nitrogens with zero attached hydrogens (tertiary/aromatic N) is 2. The summed E-state index contributed by atoms with van der Waals surface area (Å²) in [6.07, 6.45) is 0. The van der Waals surface area contributed by atoms with Gasteiger partial charge in [-0.3, -0.25) is 9.69 Å². The molecule has 0 saturated carbocycles. The molecule has 2 aliphatic rings. The van der Waals surface area contributed by atoms with E-state index < -0.39 is 0 Å². The number of benzene rings is 2. The third-order valence-corrected chi connectivity index (χ3v) is 5.66. The molecule has 0 N–H and O–H groups in total. The minimum absolute atomic E-state index is 0.112. The largest absolute Gasteiger partial charge is 0.454 e. The summed E-state index contributed by atoms with van der Waals surface area (Å²) in [5, 5.41) is 0.587. The van der Waals surface area contributed by atoms with E-state index in [1.807, 2.05) is 29.2 Å². The molecule has 0 spiro atoms. The molecule has 0 aliphatic carbocycles. The third kappa shape index (κ3) is 3.96. The van der Waals surface area contributed by atoms with E-state index in [0.717, 1.165) is 43.9 Å². The predicted molar refractivity (Wildman–Crippen MR) is 109 cm³/mol. The molecule has 2 aromatic carbocycles. The van der Waals surface area contributed by atoms with Crippen LogP contribution in [0, 0.1) is 0 Å². The van der Waals surface area contributed by atoms with Crippen molar-refractivity contribution in [2.75, 3.05) is 33.0 Å². The molecule has 1 saturated heterocycles. The second kappa shape index (κ2) is 8.02. The van der Waals surface area contributed by atoms with E-state index >= 15 is 0 Å². The maximum Gasteiger partial charge on any atom is 0.253 e. The average Bonchev–Trinajstić information content (AvgIpc) is 3.17. The van der Waals surface area contributed by atoms with Gasteiger partial charge in [-0.25, -0.2) is 0 Å². The van der Waals surface area contributed by atoms with Crippen LogP contribution in [0.15, 0.2) is 36.4 Å². The van der Waals surface area contributed by atoms with Crippen molar-refractivity contribution in [3.05, 3.63) is 58.1 Å². The highest BCUT2D eigenvalue weighted by molar-refractivity contribution is 6.32. The van der Waals surface area contributed by atoms with Gasteiger partial charge in [0.05, 0.1) is 5.02 Å². The monoisotopic (exact) mass is 400 g/mol. The Labute approximate surface area is 170 Å². The van der Waals surface area contributed by atoms with Crippen molar-refractivity contribution in [3.63, 3.8) is 0 Å². The van der Waals surface area contributed by atoms with Crippen molar-refractivity contribution in [1.82, 2.24) is 9.80 Å². The van der Waals surface area contributed by atoms with Crippen molar-refractivity contribution < 1.29 is 14.3 Å². The molecule has 4 rings (SSSR count). The highest BCUT2D eigenvalue weighted by Crippen LogP contribution is 2.40. The summed E-state index contributed by atoms with van der Waals surface area (Å²) < 4.78 is 10.8. The first-order valence-electron chi connectivity index (χ1n) is 9.71. The fraction of sp³-hybridized carbons (Fsp3) is 0.409. The van der Waals surface area contributed by atoms with Crippen LogP contribution in [0.5, 0.6) is 11.5 Å². The lowest BCUT2D eigenvalue weighted by Crippen LogP contribution is -2.48. The Balaban J connectivity index is 1.34. The number of fused-ring (bicyclic) bond motifs is 1. The number of ether oxygens (including phenoxy) is 2. The van der Waals surface area contributed by atoms with E-state index in [1.165, 1.54) is 5.56 Å². The molecule has 2 aliphatic heterocycles. The summed E-state index contributed by atoms with van der Waals surface area (Å²) in [5.74, 6) is 1.92. The Hall–Kier alpha value is -2.24. The highest BCUT2D eigenvalue weighted by atomic mass is 35.5. The SMILES string of the molecule is CC(C)c1ccc(C(=O)N2CCN(Cc3cc(Cl)c4c(c3)OCO4)CC2)cc1. The summed E-state index contributed by atoms with van der Waals surface area (Å²) in [7, 11) is 0. The van der Waals surface area contributed by atoms with Gasteiger partial charge >= 0.3 is 0 Å². The number of amides is 1. The van der Waals surface area contributed by atoms with Crippen LogP contribution >= 0.6 is 11.6 Å². The lowest BCUT2D eigenvalue weighted by atomic mass is 10.0. The average molecular weight is 401 g/mol. The molecule has 0 radical (unpaired) electrons. The molecule has 1 fully saturated rings. The third-order valence-electron chi connectivity index (χ3n) is 5.38. The standard InChI is InChI=1S/C22H25ClN2O3/c1-15(2)17-3-5-18(6-4-17)22(26)25-9-7-24(8-10-25)13-16-11-19(23)21-20(12-16)27-14-28-21/h3-6,11-12,15H,7-10,13-14H2,1-2H3. The zero-order chi connectivity index (χ0) is 19.7. The van der Waals surface area contributed by atoms with E-state index in [1.54, 1.807) is 0 Å². The van der Waals surface area contributed by atoms with Crippen LogP contribution in [0.1, 0.15) is 41.3 Å². The molecule has 148 valence electrons. The molecule has 0 unspecified atom stereocenters. The lowest BCUT2D eigenvalue weighted by molar-refractivity contribution is 0.0628. The Morgan fingerprint density at radius 3 is 2.46 bits per heavy atom. The number of hydrogen-bond acceptors (Lipinski definition) is 4. The molecule has 28 heavy (non-hydrogen) atoms. The van der Waals surface area contributed by atoms with Crippen molar-refractivity contribution in [1.29, 1.82) is 0 Å². The van der Waals surface area contributed by atoms with E-state index in [2.05, 4.69) is 30.9 Å². The molecule has 0 aromatic heterocycles. The number of hydrogen-bond donors (Lipinski definition) is 0. The number of carbonyl (C=O) groups is 1. The molecule has 0 bridgehead atoms. The van der Waals surface area contributed by atoms with Gasteiger partial charge in [0.15, 0.2) is 11.5 Å². The molecule has 2 aromatic rings. The van der Waals surface area contributed by atoms with Crippen LogP contribution in [-0.2, 0) is 6.54 Å². The second-order valence-electron chi connectivity index (χ2n) is 7.66. The first-order valence-corrected chi connectivity index (χ1v) is 10.1. The summed E-state index contributed by atoms with van der Waals surface area (Å²) in [4.78, 5) is 17.0. The summed E-state index contributed by atoms with van der Waals surface area (Å²) in [6.45, 7) is 8.43. The Bertz CT molecular complexity index is 859. The summed E-state index contributed by atoms with van der Waals surface area (Å²) >= 11 is 6.28. The maximum atomic E-state index is 12.8. The van der Waals surface area contributed by atoms with E-state index in [0.29, 0.717) is 22.4 Å². The van der Waals surface area contributed by atoms with Gasteiger partial charge in [0.1, 0.15) is 0 Å². The van der Waals surface area contributed by atoms with Gasteiger partial charge in [0.25, 0.3) is 5.91 Å². The molecular formula is C22H25ClN2O3. The van der Waals surface area contributed by atoms with Gasteiger partial charge in [-0.05, 0) is 41.3 Å². The Morgan fingerprint density at radius 2 is 1.79 bits per heavy atom. The zero-order valence-electron chi connectivity index (χ0n) is 16.3. The van der Waals surface area contributed by atoms with Crippen molar-refractivity contribution in [3.8, 4) is 11.5 Å². The number of rotatable bonds is 4. The minimum Gasteiger partial charge on any atom is -0.454 e. The van der Waals surface area contributed by atoms with Gasteiger partial charge < -0.3 is 14.4 Å². The number of halogens is 1. The van der Waals surface area contributed by atoms with Gasteiger partial charge in [-0.1, -0.05) is 37.6 Å². The van der Waals surface area contributed by atoms with Crippen molar-refractivity contribution in [2.24, 2.45) is 0 Å². The topological polar surface area (TPSA) is 42.0 Å². The summed E-state index contributed by atoms with van der Waals surface area (Å²) in [5.41, 5.74) is 3.11. The van der Waals surface area contributed by atoms with Crippen molar-refractivity contribution in [2.45, 2.75) is 26.3 Å². The molecule has 5 nitrogen and oxygen atoms in total. The van der Waals surface area contributed by atoms with E-state index in [9.17, 15) is 4.79 Å². The van der Waals surface area contributed by atoms with Crippen LogP contribution < -0.4 is 9.47 Å². The van der Waals surface area contributed by atoms with Crippen molar-refractivity contribution >= 4 is 17.5 Å².